The van der Waals surface area contributed by atoms with Crippen LogP contribution in [0.3, 0.4) is 0 Å². The van der Waals surface area contributed by atoms with Crippen molar-refractivity contribution >= 4 is 29.3 Å². The van der Waals surface area contributed by atoms with E-state index in [-0.39, 0.29) is 17.6 Å². The van der Waals surface area contributed by atoms with Gasteiger partial charge in [0.25, 0.3) is 5.91 Å². The summed E-state index contributed by atoms with van der Waals surface area (Å²) in [4.78, 5) is 52.1. The Morgan fingerprint density at radius 1 is 1.06 bits per heavy atom. The fourth-order valence-corrected chi connectivity index (χ4v) is 4.51. The third-order valence-corrected chi connectivity index (χ3v) is 6.28. The molecule has 2 aliphatic rings. The van der Waals surface area contributed by atoms with Gasteiger partial charge in [0.05, 0.1) is 5.69 Å². The topological polar surface area (TPSA) is 95.6 Å². The molecule has 0 aromatic heterocycles. The zero-order valence-corrected chi connectivity index (χ0v) is 17.4. The van der Waals surface area contributed by atoms with Gasteiger partial charge in [-0.25, -0.2) is 4.79 Å². The molecular formula is C24H25N3O4. The fraction of sp³-hybridized carbons (Fsp3) is 0.333. The van der Waals surface area contributed by atoms with Crippen molar-refractivity contribution in [2.45, 2.75) is 38.1 Å². The van der Waals surface area contributed by atoms with Gasteiger partial charge in [0.2, 0.25) is 5.91 Å². The Balaban J connectivity index is 1.49. The van der Waals surface area contributed by atoms with E-state index in [9.17, 15) is 19.2 Å². The van der Waals surface area contributed by atoms with Crippen LogP contribution in [-0.4, -0.2) is 40.6 Å². The van der Waals surface area contributed by atoms with Crippen LogP contribution < -0.4 is 10.6 Å². The van der Waals surface area contributed by atoms with Crippen LogP contribution in [0, 0.1) is 5.92 Å². The van der Waals surface area contributed by atoms with Gasteiger partial charge in [-0.3, -0.25) is 19.3 Å². The molecule has 160 valence electrons. The zero-order valence-electron chi connectivity index (χ0n) is 17.4. The van der Waals surface area contributed by atoms with Crippen LogP contribution in [0.5, 0.6) is 0 Å². The summed E-state index contributed by atoms with van der Waals surface area (Å²) in [5, 5.41) is 5.54. The van der Waals surface area contributed by atoms with E-state index in [1.165, 1.54) is 0 Å². The first-order chi connectivity index (χ1) is 14.9. The van der Waals surface area contributed by atoms with Crippen molar-refractivity contribution in [3.63, 3.8) is 0 Å². The summed E-state index contributed by atoms with van der Waals surface area (Å²) in [5.41, 5.74) is 0.286. The number of carbonyl (C=O) groups is 4. The number of ketones is 1. The molecule has 7 nitrogen and oxygen atoms in total. The number of nitrogens with zero attached hydrogens (tertiary/aromatic N) is 1. The molecule has 2 fully saturated rings. The van der Waals surface area contributed by atoms with Crippen molar-refractivity contribution in [2.75, 3.05) is 11.9 Å². The summed E-state index contributed by atoms with van der Waals surface area (Å²) in [6.07, 6.45) is 3.34. The average Bonchev–Trinajstić information content (AvgIpc) is 3.01. The van der Waals surface area contributed by atoms with Crippen LogP contribution in [0.15, 0.2) is 54.6 Å². The number of benzene rings is 2. The number of anilines is 1. The largest absolute Gasteiger partial charge is 0.325 e. The minimum absolute atomic E-state index is 0.0231. The average molecular weight is 419 g/mol. The van der Waals surface area contributed by atoms with Crippen molar-refractivity contribution in [3.8, 4) is 0 Å². The monoisotopic (exact) mass is 419 g/mol. The molecule has 2 atom stereocenters. The van der Waals surface area contributed by atoms with Gasteiger partial charge in [-0.05, 0) is 30.9 Å². The molecule has 0 unspecified atom stereocenters. The summed E-state index contributed by atoms with van der Waals surface area (Å²) in [6, 6.07) is 14.9. The van der Waals surface area contributed by atoms with Gasteiger partial charge in [0, 0.05) is 11.1 Å². The molecule has 0 radical (unpaired) electrons. The van der Waals surface area contributed by atoms with Crippen molar-refractivity contribution < 1.29 is 19.2 Å². The van der Waals surface area contributed by atoms with Crippen LogP contribution in [0.4, 0.5) is 10.5 Å². The highest BCUT2D eigenvalue weighted by Gasteiger charge is 2.55. The van der Waals surface area contributed by atoms with E-state index in [0.29, 0.717) is 23.2 Å². The highest BCUT2D eigenvalue weighted by atomic mass is 16.2. The molecule has 1 spiro atoms. The molecule has 2 aromatic rings. The second-order valence-electron chi connectivity index (χ2n) is 8.23. The lowest BCUT2D eigenvalue weighted by molar-refractivity contribution is -0.136. The summed E-state index contributed by atoms with van der Waals surface area (Å²) in [6.45, 7) is 1.57. The van der Waals surface area contributed by atoms with E-state index in [4.69, 9.17) is 0 Å². The molecule has 1 aliphatic heterocycles. The molecule has 4 rings (SSSR count). The predicted octanol–water partition coefficient (Wildman–Crippen LogP) is 3.36. The first-order valence-corrected chi connectivity index (χ1v) is 10.5. The fourth-order valence-electron chi connectivity index (χ4n) is 4.51. The van der Waals surface area contributed by atoms with Crippen molar-refractivity contribution in [2.24, 2.45) is 5.92 Å². The minimum atomic E-state index is -0.906. The van der Waals surface area contributed by atoms with Crippen molar-refractivity contribution in [3.05, 3.63) is 65.7 Å². The van der Waals surface area contributed by atoms with E-state index in [1.54, 1.807) is 48.5 Å². The van der Waals surface area contributed by atoms with Gasteiger partial charge in [-0.1, -0.05) is 62.2 Å². The smallest absolute Gasteiger partial charge is 0.324 e. The van der Waals surface area contributed by atoms with Crippen LogP contribution >= 0.6 is 0 Å². The van der Waals surface area contributed by atoms with E-state index >= 15 is 0 Å². The van der Waals surface area contributed by atoms with E-state index < -0.39 is 24.0 Å². The van der Waals surface area contributed by atoms with Crippen LogP contribution in [0.25, 0.3) is 0 Å². The number of rotatable bonds is 5. The molecule has 7 heteroatoms. The minimum Gasteiger partial charge on any atom is -0.324 e. The first-order valence-electron chi connectivity index (χ1n) is 10.5. The van der Waals surface area contributed by atoms with E-state index in [1.807, 2.05) is 13.0 Å². The van der Waals surface area contributed by atoms with Gasteiger partial charge in [-0.2, -0.15) is 0 Å². The highest BCUT2D eigenvalue weighted by molar-refractivity contribution is 6.15. The maximum Gasteiger partial charge on any atom is 0.325 e. The van der Waals surface area contributed by atoms with Crippen LogP contribution in [0.1, 0.15) is 48.5 Å². The van der Waals surface area contributed by atoms with E-state index in [0.717, 1.165) is 24.2 Å². The third-order valence-electron chi connectivity index (χ3n) is 6.28. The second kappa shape index (κ2) is 8.34. The number of nitrogens with one attached hydrogen (secondary N) is 2. The second-order valence-corrected chi connectivity index (χ2v) is 8.23. The van der Waals surface area contributed by atoms with Crippen molar-refractivity contribution in [1.29, 1.82) is 0 Å². The molecule has 2 aromatic carbocycles. The number of para-hydroxylation sites is 1. The zero-order chi connectivity index (χ0) is 22.0. The number of hydrogen-bond acceptors (Lipinski definition) is 4. The number of amides is 4. The molecule has 4 amide bonds. The Labute approximate surface area is 180 Å². The number of urea groups is 1. The lowest BCUT2D eigenvalue weighted by atomic mass is 9.73. The molecular weight excluding hydrogens is 394 g/mol. The maximum absolute atomic E-state index is 13.1. The highest BCUT2D eigenvalue weighted by Crippen LogP contribution is 2.38. The lowest BCUT2D eigenvalue weighted by Gasteiger charge is -2.36. The normalized spacial score (nSPS) is 23.0. The van der Waals surface area contributed by atoms with Crippen molar-refractivity contribution in [1.82, 2.24) is 10.2 Å². The molecule has 1 saturated heterocycles. The Kier molecular flexibility index (Phi) is 5.59. The number of imide groups is 1. The number of hydrogen-bond donors (Lipinski definition) is 2. The Bertz CT molecular complexity index is 1040. The van der Waals surface area contributed by atoms with Crippen LogP contribution in [0.2, 0.25) is 0 Å². The van der Waals surface area contributed by atoms with Gasteiger partial charge in [0.1, 0.15) is 12.1 Å². The first kappa shape index (κ1) is 20.8. The quantitative estimate of drug-likeness (QED) is 0.574. The SMILES string of the molecule is C[C@H]1CCCC[C@]12NC(=O)N(CC(=O)Nc1ccccc1C(=O)c1ccccc1)C2=O. The Morgan fingerprint density at radius 3 is 2.52 bits per heavy atom. The summed E-state index contributed by atoms with van der Waals surface area (Å²) in [5.74, 6) is -1.07. The lowest BCUT2D eigenvalue weighted by Crippen LogP contribution is -2.54. The molecule has 2 N–H and O–H groups in total. The van der Waals surface area contributed by atoms with Gasteiger partial charge in [-0.15, -0.1) is 0 Å². The molecule has 1 saturated carbocycles. The predicted molar refractivity (Wildman–Crippen MR) is 116 cm³/mol. The molecule has 31 heavy (non-hydrogen) atoms. The van der Waals surface area contributed by atoms with E-state index in [2.05, 4.69) is 10.6 Å². The third kappa shape index (κ3) is 3.83. The van der Waals surface area contributed by atoms with Gasteiger partial charge < -0.3 is 10.6 Å². The standard InChI is InChI=1S/C24H25N3O4/c1-16-9-7-8-14-24(16)22(30)27(23(31)26-24)15-20(28)25-19-13-6-5-12-18(19)21(29)17-10-3-2-4-11-17/h2-6,10-13,16H,7-9,14-15H2,1H3,(H,25,28)(H,26,31)/t16-,24-/m0/s1. The van der Waals surface area contributed by atoms with Gasteiger partial charge in [0.15, 0.2) is 5.78 Å². The van der Waals surface area contributed by atoms with Crippen LogP contribution in [-0.2, 0) is 9.59 Å². The maximum atomic E-state index is 13.1. The summed E-state index contributed by atoms with van der Waals surface area (Å²) >= 11 is 0. The van der Waals surface area contributed by atoms with Gasteiger partial charge >= 0.3 is 6.03 Å². The summed E-state index contributed by atoms with van der Waals surface area (Å²) in [7, 11) is 0. The summed E-state index contributed by atoms with van der Waals surface area (Å²) < 4.78 is 0. The Morgan fingerprint density at radius 2 is 1.77 bits per heavy atom. The molecule has 1 aliphatic carbocycles. The Hall–Kier alpha value is -3.48. The molecule has 0 bridgehead atoms. The number of carbonyl (C=O) groups excluding carboxylic acids is 4. The molecule has 1 heterocycles.